The summed E-state index contributed by atoms with van der Waals surface area (Å²) in [5.74, 6) is -1.57. The Kier molecular flexibility index (Phi) is 12.0. The van der Waals surface area contributed by atoms with Crippen LogP contribution in [-0.2, 0) is 29.1 Å². The van der Waals surface area contributed by atoms with Crippen LogP contribution in [0.25, 0.3) is 22.0 Å². The van der Waals surface area contributed by atoms with Crippen molar-refractivity contribution in [1.82, 2.24) is 30.6 Å². The number of aromatic nitrogens is 1. The van der Waals surface area contributed by atoms with Crippen molar-refractivity contribution in [3.05, 3.63) is 60.7 Å². The van der Waals surface area contributed by atoms with Crippen LogP contribution in [0.5, 0.6) is 11.6 Å². The first-order valence-corrected chi connectivity index (χ1v) is 22.0. The van der Waals surface area contributed by atoms with Gasteiger partial charge in [0.15, 0.2) is 0 Å². The maximum atomic E-state index is 14.7. The van der Waals surface area contributed by atoms with Crippen LogP contribution in [0, 0.1) is 5.92 Å². The number of benzene rings is 2. The summed E-state index contributed by atoms with van der Waals surface area (Å²) in [6, 6.07) is 13.1. The third kappa shape index (κ3) is 9.62. The van der Waals surface area contributed by atoms with Crippen molar-refractivity contribution in [2.24, 2.45) is 5.92 Å². The molecule has 7 rings (SSSR count). The summed E-state index contributed by atoms with van der Waals surface area (Å²) in [4.78, 5) is 64.5. The molecule has 2 saturated carbocycles. The maximum Gasteiger partial charge on any atom is 0.408 e. The molecule has 0 radical (unpaired) electrons. The first-order chi connectivity index (χ1) is 28.5. The fourth-order valence-corrected chi connectivity index (χ4v) is 9.06. The number of ether oxygens (including phenoxy) is 3. The molecular weight excluding hydrogens is 791 g/mol. The zero-order chi connectivity index (χ0) is 43.0. The van der Waals surface area contributed by atoms with Crippen molar-refractivity contribution in [1.29, 1.82) is 0 Å². The largest absolute Gasteiger partial charge is 0.497 e. The van der Waals surface area contributed by atoms with Crippen molar-refractivity contribution in [2.75, 3.05) is 45.7 Å². The molecule has 1 saturated heterocycles. The fourth-order valence-electron chi connectivity index (χ4n) is 7.70. The molecule has 17 heteroatoms. The van der Waals surface area contributed by atoms with Crippen LogP contribution in [0.3, 0.4) is 0 Å². The standard InChI is InChI=1S/C43H55N7O9S/c1-42(2,3)59-41(54)46-35-24-44-19-9-7-8-10-28-23-43(28,40(53)48-60(55,56)32-16-17-32)47-37(51)36-22-31(25-50(36)39(35)52)58-38-33-18-15-30(57-6)20-27(33)21-34(45-38)26-11-13-29(14-12-26)49(4)5/h8,10-15,18,20-21,28,31-32,35-36,44H,7,9,16-17,19,22-25H2,1-6H3,(H,46,54)(H,47,51)(H,48,53)/t28-,31?,35+,36+,43-/m1/s1. The molecule has 4 amide bonds. The van der Waals surface area contributed by atoms with Gasteiger partial charge < -0.3 is 40.0 Å². The molecule has 3 aromatic rings. The lowest BCUT2D eigenvalue weighted by atomic mass is 10.1. The highest BCUT2D eigenvalue weighted by Gasteiger charge is 2.62. The second kappa shape index (κ2) is 16.9. The number of alkyl carbamates (subject to hydrolysis) is 1. The van der Waals surface area contributed by atoms with E-state index in [0.29, 0.717) is 49.1 Å². The number of fused-ring (bicyclic) bond motifs is 3. The van der Waals surface area contributed by atoms with Crippen molar-refractivity contribution < 1.29 is 41.8 Å². The summed E-state index contributed by atoms with van der Waals surface area (Å²) in [5.41, 5.74) is 0.109. The van der Waals surface area contributed by atoms with Crippen LogP contribution in [0.4, 0.5) is 10.5 Å². The molecule has 5 atom stereocenters. The summed E-state index contributed by atoms with van der Waals surface area (Å²) >= 11 is 0. The van der Waals surface area contributed by atoms with Gasteiger partial charge in [0.25, 0.3) is 5.91 Å². The molecular formula is C43H55N7O9S. The predicted molar refractivity (Wildman–Crippen MR) is 226 cm³/mol. The molecule has 0 spiro atoms. The predicted octanol–water partition coefficient (Wildman–Crippen LogP) is 3.64. The Hall–Kier alpha value is -5.42. The third-order valence-corrected chi connectivity index (χ3v) is 13.0. The molecule has 16 nitrogen and oxygen atoms in total. The highest BCUT2D eigenvalue weighted by Crippen LogP contribution is 2.46. The van der Waals surface area contributed by atoms with E-state index in [4.69, 9.17) is 19.2 Å². The van der Waals surface area contributed by atoms with Gasteiger partial charge in [0.05, 0.1) is 24.6 Å². The minimum atomic E-state index is -3.92. The van der Waals surface area contributed by atoms with E-state index in [1.54, 1.807) is 33.9 Å². The number of allylic oxidation sites excluding steroid dienone is 1. The Morgan fingerprint density at radius 1 is 1.05 bits per heavy atom. The molecule has 3 heterocycles. The molecule has 1 aromatic heterocycles. The van der Waals surface area contributed by atoms with Gasteiger partial charge in [-0.05, 0) is 101 Å². The lowest BCUT2D eigenvalue weighted by Crippen LogP contribution is -2.59. The summed E-state index contributed by atoms with van der Waals surface area (Å²) in [5, 5.41) is 9.68. The van der Waals surface area contributed by atoms with E-state index in [1.807, 2.05) is 73.6 Å². The molecule has 0 bridgehead atoms. The van der Waals surface area contributed by atoms with E-state index >= 15 is 0 Å². The van der Waals surface area contributed by atoms with Crippen molar-refractivity contribution >= 4 is 50.3 Å². The van der Waals surface area contributed by atoms with Crippen molar-refractivity contribution in [2.45, 2.75) is 93.9 Å². The Morgan fingerprint density at radius 2 is 1.80 bits per heavy atom. The van der Waals surface area contributed by atoms with Crippen molar-refractivity contribution in [3.8, 4) is 22.9 Å². The Labute approximate surface area is 350 Å². The van der Waals surface area contributed by atoms with E-state index in [2.05, 4.69) is 20.7 Å². The van der Waals surface area contributed by atoms with Crippen LogP contribution in [-0.4, -0.2) is 118 Å². The van der Waals surface area contributed by atoms with E-state index in [9.17, 15) is 27.6 Å². The molecule has 322 valence electrons. The average molecular weight is 846 g/mol. The molecule has 60 heavy (non-hydrogen) atoms. The van der Waals surface area contributed by atoms with Crippen molar-refractivity contribution in [3.63, 3.8) is 0 Å². The SMILES string of the molecule is COc1ccc2c(OC3C[C@H]4C(=O)N[C@]5(C(=O)NS(=O)(=O)C6CC6)C[C@H]5C=CCCCNC[C@H](NC(=O)OC(C)(C)C)C(=O)N4C3)nc(-c3ccc(N(C)C)cc3)cc2c1. The molecule has 3 fully saturated rings. The second-order valence-electron chi connectivity index (χ2n) is 17.2. The van der Waals surface area contributed by atoms with Gasteiger partial charge >= 0.3 is 6.09 Å². The van der Waals surface area contributed by atoms with Gasteiger partial charge in [0.2, 0.25) is 27.7 Å². The highest BCUT2D eigenvalue weighted by molar-refractivity contribution is 7.91. The molecule has 2 aliphatic heterocycles. The Balaban J connectivity index is 1.23. The number of hydrogen-bond donors (Lipinski definition) is 4. The third-order valence-electron chi connectivity index (χ3n) is 11.2. The minimum Gasteiger partial charge on any atom is -0.497 e. The number of amides is 4. The van der Waals surface area contributed by atoms with E-state index < -0.39 is 74.3 Å². The topological polar surface area (TPSA) is 198 Å². The zero-order valence-corrected chi connectivity index (χ0v) is 35.8. The number of nitrogens with zero attached hydrogens (tertiary/aromatic N) is 3. The van der Waals surface area contributed by atoms with Crippen LogP contribution < -0.4 is 35.0 Å². The number of anilines is 1. The number of carbonyl (C=O) groups excluding carboxylic acids is 4. The number of pyridine rings is 1. The highest BCUT2D eigenvalue weighted by atomic mass is 32.2. The quantitative estimate of drug-likeness (QED) is 0.229. The number of hydrogen-bond acceptors (Lipinski definition) is 12. The van der Waals surface area contributed by atoms with Gasteiger partial charge in [-0.3, -0.25) is 19.1 Å². The summed E-state index contributed by atoms with van der Waals surface area (Å²) in [7, 11) is 1.59. The van der Waals surface area contributed by atoms with Gasteiger partial charge in [-0.2, -0.15) is 0 Å². The summed E-state index contributed by atoms with van der Waals surface area (Å²) < 4.78 is 45.8. The van der Waals surface area contributed by atoms with Gasteiger partial charge in [-0.15, -0.1) is 0 Å². The minimum absolute atomic E-state index is 0.00379. The smallest absolute Gasteiger partial charge is 0.408 e. The molecule has 2 aliphatic carbocycles. The number of sulfonamides is 1. The van der Waals surface area contributed by atoms with E-state index in [0.717, 1.165) is 16.6 Å². The van der Waals surface area contributed by atoms with Crippen LogP contribution in [0.1, 0.15) is 59.3 Å². The Morgan fingerprint density at radius 3 is 2.48 bits per heavy atom. The van der Waals surface area contributed by atoms with Crippen LogP contribution >= 0.6 is 0 Å². The van der Waals surface area contributed by atoms with Crippen LogP contribution in [0.2, 0.25) is 0 Å². The zero-order valence-electron chi connectivity index (χ0n) is 34.9. The molecule has 4 aliphatic rings. The first kappa shape index (κ1) is 42.7. The molecule has 2 aromatic carbocycles. The van der Waals surface area contributed by atoms with Gasteiger partial charge in [0, 0.05) is 49.6 Å². The maximum absolute atomic E-state index is 14.7. The second-order valence-corrected chi connectivity index (χ2v) is 19.2. The normalized spacial score (nSPS) is 24.9. The van der Waals surface area contributed by atoms with Gasteiger partial charge in [-0.1, -0.05) is 24.3 Å². The lowest BCUT2D eigenvalue weighted by Gasteiger charge is -2.30. The van der Waals surface area contributed by atoms with Gasteiger partial charge in [-0.25, -0.2) is 18.2 Å². The van der Waals surface area contributed by atoms with Crippen LogP contribution in [0.15, 0.2) is 60.7 Å². The number of nitrogens with one attached hydrogen (secondary N) is 4. The number of carbonyl (C=O) groups is 4. The number of rotatable bonds is 9. The van der Waals surface area contributed by atoms with E-state index in [1.165, 1.54) is 4.90 Å². The summed E-state index contributed by atoms with van der Waals surface area (Å²) in [6.45, 7) is 5.64. The lowest BCUT2D eigenvalue weighted by molar-refractivity contribution is -0.141. The first-order valence-electron chi connectivity index (χ1n) is 20.4. The average Bonchev–Trinajstić information content (AvgIpc) is 4.12. The van der Waals surface area contributed by atoms with Gasteiger partial charge in [0.1, 0.15) is 35.1 Å². The number of methoxy groups -OCH3 is 1. The Bertz CT molecular complexity index is 2270. The molecule has 1 unspecified atom stereocenters. The van der Waals surface area contributed by atoms with E-state index in [-0.39, 0.29) is 31.8 Å². The molecule has 4 N–H and O–H groups in total. The summed E-state index contributed by atoms with van der Waals surface area (Å²) in [6.07, 6.45) is 4.59. The fraction of sp³-hybridized carbons (Fsp3) is 0.512. The monoisotopic (exact) mass is 845 g/mol.